The van der Waals surface area contributed by atoms with E-state index in [1.807, 2.05) is 0 Å². The second kappa shape index (κ2) is 4.85. The maximum Gasteiger partial charge on any atom is 0.0849 e. The Bertz CT molecular complexity index is 492. The largest absolute Gasteiger partial charge is 0.336 e. The van der Waals surface area contributed by atoms with E-state index >= 15 is 0 Å². The molecule has 0 saturated carbocycles. The number of halogens is 1. The van der Waals surface area contributed by atoms with Crippen molar-refractivity contribution in [3.05, 3.63) is 22.4 Å². The number of likely N-dealkylation sites (tertiary alicyclic amines) is 1. The van der Waals surface area contributed by atoms with E-state index in [0.29, 0.717) is 0 Å². The zero-order valence-corrected chi connectivity index (χ0v) is 14.7. The summed E-state index contributed by atoms with van der Waals surface area (Å²) in [6.45, 7) is 11.6. The Kier molecular flexibility index (Phi) is 3.55. The van der Waals surface area contributed by atoms with Crippen molar-refractivity contribution < 1.29 is 0 Å². The number of piperidine rings is 1. The van der Waals surface area contributed by atoms with Crippen LogP contribution in [0.1, 0.15) is 39.3 Å². The van der Waals surface area contributed by atoms with Gasteiger partial charge in [-0.1, -0.05) is 0 Å². The monoisotopic (exact) mass is 339 g/mol. The standard InChI is InChI=1S/C16H26BrN3/c1-15(2,3)19-9-7-16(8-10-19)13-5-6-14(17)20(13)12-11-18(16)4/h5-6H,7-12H2,1-4H3. The van der Waals surface area contributed by atoms with Crippen LogP contribution in [0.25, 0.3) is 0 Å². The van der Waals surface area contributed by atoms with Gasteiger partial charge in [-0.15, -0.1) is 0 Å². The van der Waals surface area contributed by atoms with Crippen molar-refractivity contribution in [1.29, 1.82) is 0 Å². The van der Waals surface area contributed by atoms with Crippen molar-refractivity contribution in [2.75, 3.05) is 26.7 Å². The van der Waals surface area contributed by atoms with Crippen LogP contribution in [0, 0.1) is 0 Å². The number of likely N-dealkylation sites (N-methyl/N-ethyl adjacent to an activating group) is 1. The Morgan fingerprint density at radius 2 is 1.70 bits per heavy atom. The second-order valence-electron chi connectivity index (χ2n) is 7.30. The topological polar surface area (TPSA) is 11.4 Å². The summed E-state index contributed by atoms with van der Waals surface area (Å²) in [5.74, 6) is 0. The van der Waals surface area contributed by atoms with Gasteiger partial charge in [0.2, 0.25) is 0 Å². The van der Waals surface area contributed by atoms with Crippen LogP contribution in [0.4, 0.5) is 0 Å². The Morgan fingerprint density at radius 3 is 2.30 bits per heavy atom. The highest BCUT2D eigenvalue weighted by atomic mass is 79.9. The summed E-state index contributed by atoms with van der Waals surface area (Å²) in [4.78, 5) is 5.22. The number of fused-ring (bicyclic) bond motifs is 2. The minimum atomic E-state index is 0.242. The van der Waals surface area contributed by atoms with E-state index < -0.39 is 0 Å². The smallest absolute Gasteiger partial charge is 0.0849 e. The first kappa shape index (κ1) is 14.6. The molecule has 0 atom stereocenters. The van der Waals surface area contributed by atoms with Gasteiger partial charge in [-0.05, 0) is 68.7 Å². The molecular formula is C16H26BrN3. The second-order valence-corrected chi connectivity index (χ2v) is 8.12. The average molecular weight is 340 g/mol. The SMILES string of the molecule is CN1CCn2c(Br)ccc2C12CCN(C(C)(C)C)CC2. The van der Waals surface area contributed by atoms with Crippen molar-refractivity contribution in [2.24, 2.45) is 0 Å². The van der Waals surface area contributed by atoms with Gasteiger partial charge < -0.3 is 4.57 Å². The van der Waals surface area contributed by atoms with Crippen molar-refractivity contribution in [3.63, 3.8) is 0 Å². The van der Waals surface area contributed by atoms with E-state index in [0.717, 1.165) is 13.1 Å². The highest BCUT2D eigenvalue weighted by molar-refractivity contribution is 9.10. The molecule has 20 heavy (non-hydrogen) atoms. The highest BCUT2D eigenvalue weighted by Crippen LogP contribution is 2.43. The first-order chi connectivity index (χ1) is 9.34. The Labute approximate surface area is 131 Å². The van der Waals surface area contributed by atoms with Crippen molar-refractivity contribution >= 4 is 15.9 Å². The van der Waals surface area contributed by atoms with E-state index in [9.17, 15) is 0 Å². The lowest BCUT2D eigenvalue weighted by molar-refractivity contribution is -0.0137. The molecule has 0 aliphatic carbocycles. The van der Waals surface area contributed by atoms with Crippen LogP contribution in [0.15, 0.2) is 16.7 Å². The number of nitrogens with zero attached hydrogens (tertiary/aromatic N) is 3. The molecule has 0 bridgehead atoms. The molecule has 112 valence electrons. The van der Waals surface area contributed by atoms with Crippen LogP contribution in [0.2, 0.25) is 0 Å². The van der Waals surface area contributed by atoms with E-state index in [4.69, 9.17) is 0 Å². The number of hydrogen-bond acceptors (Lipinski definition) is 2. The molecule has 0 unspecified atom stereocenters. The van der Waals surface area contributed by atoms with Gasteiger partial charge in [0, 0.05) is 37.4 Å². The summed E-state index contributed by atoms with van der Waals surface area (Å²) >= 11 is 3.70. The summed E-state index contributed by atoms with van der Waals surface area (Å²) in [6, 6.07) is 4.54. The van der Waals surface area contributed by atoms with Gasteiger partial charge in [-0.2, -0.15) is 0 Å². The summed E-state index contributed by atoms with van der Waals surface area (Å²) in [5, 5.41) is 0. The van der Waals surface area contributed by atoms with Crippen LogP contribution in [0.5, 0.6) is 0 Å². The van der Waals surface area contributed by atoms with Crippen molar-refractivity contribution in [1.82, 2.24) is 14.4 Å². The van der Waals surface area contributed by atoms with Crippen molar-refractivity contribution in [3.8, 4) is 0 Å². The molecule has 1 spiro atoms. The number of hydrogen-bond donors (Lipinski definition) is 0. The normalized spacial score (nSPS) is 24.1. The molecule has 0 N–H and O–H groups in total. The van der Waals surface area contributed by atoms with E-state index in [1.54, 1.807) is 0 Å². The molecule has 4 heteroatoms. The third-order valence-electron chi connectivity index (χ3n) is 5.33. The minimum Gasteiger partial charge on any atom is -0.336 e. The third-order valence-corrected chi connectivity index (χ3v) is 6.03. The van der Waals surface area contributed by atoms with Gasteiger partial charge in [0.15, 0.2) is 0 Å². The lowest BCUT2D eigenvalue weighted by Gasteiger charge is -2.52. The number of aromatic nitrogens is 1. The first-order valence-electron chi connectivity index (χ1n) is 7.66. The molecule has 3 heterocycles. The summed E-state index contributed by atoms with van der Waals surface area (Å²) in [6.07, 6.45) is 2.47. The molecule has 1 aromatic rings. The molecule has 3 rings (SSSR count). The fourth-order valence-electron chi connectivity index (χ4n) is 3.92. The molecule has 0 aromatic carbocycles. The van der Waals surface area contributed by atoms with Crippen LogP contribution in [-0.2, 0) is 12.1 Å². The molecule has 0 amide bonds. The van der Waals surface area contributed by atoms with Gasteiger partial charge in [0.1, 0.15) is 0 Å². The average Bonchev–Trinajstić information content (AvgIpc) is 2.76. The maximum atomic E-state index is 3.70. The lowest BCUT2D eigenvalue weighted by Crippen LogP contribution is -2.58. The minimum absolute atomic E-state index is 0.242. The summed E-state index contributed by atoms with van der Waals surface area (Å²) in [7, 11) is 2.30. The molecule has 2 aliphatic heterocycles. The maximum absolute atomic E-state index is 3.70. The van der Waals surface area contributed by atoms with Gasteiger partial charge in [0.25, 0.3) is 0 Å². The zero-order valence-electron chi connectivity index (χ0n) is 13.1. The van der Waals surface area contributed by atoms with E-state index in [1.165, 1.54) is 36.2 Å². The van der Waals surface area contributed by atoms with Crippen LogP contribution >= 0.6 is 15.9 Å². The first-order valence-corrected chi connectivity index (χ1v) is 8.46. The Morgan fingerprint density at radius 1 is 1.05 bits per heavy atom. The molecule has 1 aromatic heterocycles. The molecule has 1 fully saturated rings. The van der Waals surface area contributed by atoms with E-state index in [2.05, 4.69) is 70.2 Å². The molecule has 2 aliphatic rings. The molecular weight excluding hydrogens is 314 g/mol. The Balaban J connectivity index is 1.90. The predicted octanol–water partition coefficient (Wildman–Crippen LogP) is 3.29. The van der Waals surface area contributed by atoms with E-state index in [-0.39, 0.29) is 11.1 Å². The third kappa shape index (κ3) is 2.16. The van der Waals surface area contributed by atoms with Gasteiger partial charge >= 0.3 is 0 Å². The van der Waals surface area contributed by atoms with Crippen molar-refractivity contribution in [2.45, 2.75) is 51.2 Å². The molecule has 0 radical (unpaired) electrons. The van der Waals surface area contributed by atoms with Gasteiger partial charge in [-0.25, -0.2) is 0 Å². The number of rotatable bonds is 0. The van der Waals surface area contributed by atoms with Crippen LogP contribution in [0.3, 0.4) is 0 Å². The zero-order chi connectivity index (χ0) is 14.5. The van der Waals surface area contributed by atoms with Crippen LogP contribution in [-0.4, -0.2) is 46.6 Å². The Hall–Kier alpha value is -0.320. The predicted molar refractivity (Wildman–Crippen MR) is 87.0 cm³/mol. The summed E-state index contributed by atoms with van der Waals surface area (Å²) < 4.78 is 3.70. The lowest BCUT2D eigenvalue weighted by atomic mass is 9.80. The van der Waals surface area contributed by atoms with Gasteiger partial charge in [0.05, 0.1) is 10.1 Å². The molecule has 3 nitrogen and oxygen atoms in total. The molecule has 1 saturated heterocycles. The quantitative estimate of drug-likeness (QED) is 0.718. The fourth-order valence-corrected chi connectivity index (χ4v) is 4.42. The van der Waals surface area contributed by atoms with Crippen LogP contribution < -0.4 is 0 Å². The summed E-state index contributed by atoms with van der Waals surface area (Å²) in [5.41, 5.74) is 2.04. The highest BCUT2D eigenvalue weighted by Gasteiger charge is 2.45. The fraction of sp³-hybridized carbons (Fsp3) is 0.750. The van der Waals surface area contributed by atoms with Gasteiger partial charge in [-0.3, -0.25) is 9.80 Å².